The molecule has 1 aromatic carbocycles. The van der Waals surface area contributed by atoms with E-state index in [9.17, 15) is 14.7 Å². The maximum atomic E-state index is 11.4. The Bertz CT molecular complexity index is 642. The van der Waals surface area contributed by atoms with Gasteiger partial charge in [0.1, 0.15) is 0 Å². The molecule has 0 aliphatic carbocycles. The van der Waals surface area contributed by atoms with E-state index in [-0.39, 0.29) is 5.57 Å². The van der Waals surface area contributed by atoms with Gasteiger partial charge in [0.25, 0.3) is 0 Å². The summed E-state index contributed by atoms with van der Waals surface area (Å²) in [4.78, 5) is 23.1. The summed E-state index contributed by atoms with van der Waals surface area (Å²) in [6.45, 7) is 0. The summed E-state index contributed by atoms with van der Waals surface area (Å²) in [6.07, 6.45) is -0.516. The lowest BCUT2D eigenvalue weighted by Crippen LogP contribution is -2.10. The Labute approximate surface area is 119 Å². The van der Waals surface area contributed by atoms with Crippen molar-refractivity contribution in [3.8, 4) is 0 Å². The van der Waals surface area contributed by atoms with Crippen LogP contribution in [0.4, 0.5) is 0 Å². The fraction of sp³-hybridized carbons (Fsp3) is 0.0667. The van der Waals surface area contributed by atoms with Crippen molar-refractivity contribution in [2.24, 2.45) is 0 Å². The lowest BCUT2D eigenvalue weighted by molar-refractivity contribution is -0.139. The summed E-state index contributed by atoms with van der Waals surface area (Å²) >= 11 is 1.38. The van der Waals surface area contributed by atoms with E-state index in [0.29, 0.717) is 11.1 Å². The molecule has 5 heteroatoms. The molecular formula is C15H12O4S. The van der Waals surface area contributed by atoms with Crippen molar-refractivity contribution in [2.75, 3.05) is 0 Å². The van der Waals surface area contributed by atoms with Crippen molar-refractivity contribution >= 4 is 28.8 Å². The van der Waals surface area contributed by atoms with E-state index < -0.39 is 18.4 Å². The first-order chi connectivity index (χ1) is 9.59. The molecule has 0 spiro atoms. The summed E-state index contributed by atoms with van der Waals surface area (Å²) in [6, 6.07) is 12.6. The van der Waals surface area contributed by atoms with Gasteiger partial charge in [-0.15, -0.1) is 11.3 Å². The van der Waals surface area contributed by atoms with Gasteiger partial charge in [-0.1, -0.05) is 36.4 Å². The second-order valence-corrected chi connectivity index (χ2v) is 5.02. The molecule has 0 atom stereocenters. The maximum Gasteiger partial charge on any atom is 0.332 e. The number of carboxylic acids is 2. The number of carboxylic acid groups (broad SMARTS) is 2. The van der Waals surface area contributed by atoms with Crippen LogP contribution in [0.3, 0.4) is 0 Å². The monoisotopic (exact) mass is 288 g/mol. The Kier molecular flexibility index (Phi) is 4.32. The predicted octanol–water partition coefficient (Wildman–Crippen LogP) is 3.11. The molecule has 0 amide bonds. The second kappa shape index (κ2) is 6.16. The third-order valence-electron chi connectivity index (χ3n) is 2.72. The fourth-order valence-corrected chi connectivity index (χ4v) is 2.73. The number of thiophene rings is 1. The zero-order valence-electron chi connectivity index (χ0n) is 10.4. The number of hydrogen-bond donors (Lipinski definition) is 2. The summed E-state index contributed by atoms with van der Waals surface area (Å²) in [5.74, 6) is -2.37. The molecule has 2 aromatic rings. The van der Waals surface area contributed by atoms with Gasteiger partial charge in [-0.3, -0.25) is 4.79 Å². The molecule has 0 aliphatic heterocycles. The predicted molar refractivity (Wildman–Crippen MR) is 76.7 cm³/mol. The molecule has 0 aliphatic rings. The molecule has 0 unspecified atom stereocenters. The number of carbonyl (C=O) groups is 2. The molecule has 20 heavy (non-hydrogen) atoms. The van der Waals surface area contributed by atoms with E-state index in [4.69, 9.17) is 5.11 Å². The van der Waals surface area contributed by atoms with E-state index in [2.05, 4.69) is 0 Å². The zero-order valence-corrected chi connectivity index (χ0v) is 11.3. The highest BCUT2D eigenvalue weighted by Crippen LogP contribution is 2.31. The number of hydrogen-bond acceptors (Lipinski definition) is 3. The second-order valence-electron chi connectivity index (χ2n) is 4.07. The van der Waals surface area contributed by atoms with Crippen LogP contribution >= 0.6 is 11.3 Å². The normalized spacial score (nSPS) is 11.8. The van der Waals surface area contributed by atoms with Crippen LogP contribution in [-0.4, -0.2) is 22.2 Å². The van der Waals surface area contributed by atoms with Crippen molar-refractivity contribution in [3.05, 3.63) is 63.9 Å². The fourth-order valence-electron chi connectivity index (χ4n) is 1.91. The molecule has 0 saturated carbocycles. The first kappa shape index (κ1) is 14.0. The number of benzene rings is 1. The minimum Gasteiger partial charge on any atom is -0.481 e. The van der Waals surface area contributed by atoms with Gasteiger partial charge in [0.2, 0.25) is 0 Å². The minimum atomic E-state index is -1.21. The summed E-state index contributed by atoms with van der Waals surface area (Å²) in [5, 5.41) is 20.1. The van der Waals surface area contributed by atoms with E-state index >= 15 is 0 Å². The van der Waals surface area contributed by atoms with Crippen LogP contribution in [0.2, 0.25) is 0 Å². The molecule has 4 nitrogen and oxygen atoms in total. The molecule has 1 aromatic heterocycles. The smallest absolute Gasteiger partial charge is 0.332 e. The molecule has 102 valence electrons. The van der Waals surface area contributed by atoms with Gasteiger partial charge >= 0.3 is 11.9 Å². The van der Waals surface area contributed by atoms with E-state index in [1.54, 1.807) is 30.3 Å². The first-order valence-corrected chi connectivity index (χ1v) is 6.75. The third-order valence-corrected chi connectivity index (χ3v) is 3.61. The average Bonchev–Trinajstić information content (AvgIpc) is 2.92. The van der Waals surface area contributed by atoms with Crippen LogP contribution < -0.4 is 0 Å². The summed E-state index contributed by atoms with van der Waals surface area (Å²) in [5.41, 5.74) is 1.07. The van der Waals surface area contributed by atoms with Crippen LogP contribution in [0, 0.1) is 0 Å². The molecule has 2 rings (SSSR count). The lowest BCUT2D eigenvalue weighted by Gasteiger charge is -2.10. The molecular weight excluding hydrogens is 276 g/mol. The third kappa shape index (κ3) is 3.13. The lowest BCUT2D eigenvalue weighted by atomic mass is 9.96. The van der Waals surface area contributed by atoms with E-state index in [0.717, 1.165) is 4.88 Å². The Morgan fingerprint density at radius 3 is 2.20 bits per heavy atom. The van der Waals surface area contributed by atoms with Gasteiger partial charge in [0.15, 0.2) is 0 Å². The Morgan fingerprint density at radius 2 is 1.70 bits per heavy atom. The van der Waals surface area contributed by atoms with Crippen molar-refractivity contribution in [2.45, 2.75) is 6.42 Å². The van der Waals surface area contributed by atoms with Crippen LogP contribution in [0.1, 0.15) is 16.9 Å². The van der Waals surface area contributed by atoms with Gasteiger partial charge in [-0.05, 0) is 17.0 Å². The van der Waals surface area contributed by atoms with Crippen molar-refractivity contribution in [1.82, 2.24) is 0 Å². The van der Waals surface area contributed by atoms with Gasteiger partial charge in [0.05, 0.1) is 12.0 Å². The molecule has 0 fully saturated rings. The summed E-state index contributed by atoms with van der Waals surface area (Å²) in [7, 11) is 0. The Hall–Kier alpha value is -2.40. The quantitative estimate of drug-likeness (QED) is 0.829. The highest BCUT2D eigenvalue weighted by molar-refractivity contribution is 7.11. The Morgan fingerprint density at radius 1 is 1.00 bits per heavy atom. The van der Waals surface area contributed by atoms with Crippen LogP contribution in [0.25, 0.3) is 5.57 Å². The number of rotatable bonds is 5. The van der Waals surface area contributed by atoms with E-state index in [1.807, 2.05) is 17.5 Å². The summed E-state index contributed by atoms with van der Waals surface area (Å²) < 4.78 is 0. The average molecular weight is 288 g/mol. The van der Waals surface area contributed by atoms with Crippen molar-refractivity contribution in [3.63, 3.8) is 0 Å². The van der Waals surface area contributed by atoms with Crippen LogP contribution in [-0.2, 0) is 9.59 Å². The van der Waals surface area contributed by atoms with Crippen molar-refractivity contribution < 1.29 is 19.8 Å². The molecule has 0 bridgehead atoms. The zero-order chi connectivity index (χ0) is 14.5. The molecule has 2 N–H and O–H groups in total. The van der Waals surface area contributed by atoms with Crippen LogP contribution in [0.15, 0.2) is 53.4 Å². The minimum absolute atomic E-state index is 0.105. The maximum absolute atomic E-state index is 11.4. The number of aliphatic carboxylic acids is 2. The largest absolute Gasteiger partial charge is 0.481 e. The van der Waals surface area contributed by atoms with Gasteiger partial charge in [-0.25, -0.2) is 4.79 Å². The molecule has 0 radical (unpaired) electrons. The molecule has 1 heterocycles. The highest BCUT2D eigenvalue weighted by atomic mass is 32.1. The van der Waals surface area contributed by atoms with Gasteiger partial charge < -0.3 is 10.2 Å². The topological polar surface area (TPSA) is 74.6 Å². The van der Waals surface area contributed by atoms with E-state index in [1.165, 1.54) is 11.3 Å². The van der Waals surface area contributed by atoms with Gasteiger partial charge in [-0.2, -0.15) is 0 Å². The SMILES string of the molecule is O=C(O)CC(C(=O)O)=C(c1ccccc1)c1cccs1. The Balaban J connectivity index is 2.67. The molecule has 0 saturated heterocycles. The standard InChI is InChI=1S/C15H12O4S/c16-13(17)9-11(15(18)19)14(12-7-4-8-20-12)10-5-2-1-3-6-10/h1-8H,9H2,(H,16,17)(H,18,19). The van der Waals surface area contributed by atoms with Crippen LogP contribution in [0.5, 0.6) is 0 Å². The first-order valence-electron chi connectivity index (χ1n) is 5.87. The van der Waals surface area contributed by atoms with Crippen molar-refractivity contribution in [1.29, 1.82) is 0 Å². The van der Waals surface area contributed by atoms with Gasteiger partial charge in [0, 0.05) is 10.5 Å². The highest BCUT2D eigenvalue weighted by Gasteiger charge is 2.20.